The molecule has 7 nitrogen and oxygen atoms in total. The monoisotopic (exact) mass is 273 g/mol. The fourth-order valence-electron chi connectivity index (χ4n) is 1.71. The highest BCUT2D eigenvalue weighted by Crippen LogP contribution is 2.44. The molecule has 0 saturated heterocycles. The number of hydrogen-bond donors (Lipinski definition) is 3. The Kier molecular flexibility index (Phi) is 3.25. The molecule has 9 heteroatoms. The van der Waals surface area contributed by atoms with Crippen LogP contribution in [-0.4, -0.2) is 41.0 Å². The van der Waals surface area contributed by atoms with Crippen molar-refractivity contribution in [1.82, 2.24) is 0 Å². The molecule has 0 aromatic heterocycles. The number of carboxylic acid groups (broad SMARTS) is 1. The summed E-state index contributed by atoms with van der Waals surface area (Å²) in [5.74, 6) is -3.56. The molecule has 0 amide bonds. The average molecular weight is 273 g/mol. The molecule has 0 saturated carbocycles. The van der Waals surface area contributed by atoms with Crippen molar-refractivity contribution in [3.8, 4) is 17.2 Å². The van der Waals surface area contributed by atoms with E-state index < -0.39 is 36.4 Å². The average Bonchev–Trinajstić information content (AvgIpc) is 2.26. The highest BCUT2D eigenvalue weighted by Gasteiger charge is 2.36. The van der Waals surface area contributed by atoms with Crippen molar-refractivity contribution < 1.29 is 38.5 Å². The number of carbonyl (C=O) groups is 1. The summed E-state index contributed by atoms with van der Waals surface area (Å²) in [5, 5.41) is 27.6. The second-order valence-corrected chi connectivity index (χ2v) is 3.91. The Hall–Kier alpha value is -2.00. The molecule has 104 valence electrons. The van der Waals surface area contributed by atoms with Gasteiger partial charge in [0.2, 0.25) is 0 Å². The minimum Gasteiger partial charge on any atom is -0.665 e. The number of aromatic carboxylic acids is 1. The first kappa shape index (κ1) is 13.4. The van der Waals surface area contributed by atoms with E-state index in [1.165, 1.54) is 0 Å². The second-order valence-electron chi connectivity index (χ2n) is 3.91. The van der Waals surface area contributed by atoms with Crippen molar-refractivity contribution in [1.29, 1.82) is 0 Å². The number of benzene rings is 1. The zero-order valence-corrected chi connectivity index (χ0v) is 9.92. The molecule has 19 heavy (non-hydrogen) atoms. The summed E-state index contributed by atoms with van der Waals surface area (Å²) in [7, 11) is 0. The van der Waals surface area contributed by atoms with Crippen LogP contribution in [0.1, 0.15) is 17.3 Å². The molecule has 0 bridgehead atoms. The van der Waals surface area contributed by atoms with Crippen LogP contribution in [0.4, 0.5) is 4.39 Å². The normalized spacial score (nSPS) is 16.0. The highest BCUT2D eigenvalue weighted by molar-refractivity contribution is 6.59. The van der Waals surface area contributed by atoms with Gasteiger partial charge >= 0.3 is 12.7 Å². The molecule has 0 radical (unpaired) electrons. The smallest absolute Gasteiger partial charge is 0.467 e. The summed E-state index contributed by atoms with van der Waals surface area (Å²) in [5.41, 5.74) is -0.840. The van der Waals surface area contributed by atoms with Gasteiger partial charge in [-0.25, -0.2) is 9.18 Å². The third kappa shape index (κ3) is 2.42. The summed E-state index contributed by atoms with van der Waals surface area (Å²) < 4.78 is 28.5. The van der Waals surface area contributed by atoms with Crippen LogP contribution in [0.5, 0.6) is 17.2 Å². The van der Waals surface area contributed by atoms with E-state index in [9.17, 15) is 19.2 Å². The summed E-state index contributed by atoms with van der Waals surface area (Å²) in [4.78, 5) is 11.0. The summed E-state index contributed by atoms with van der Waals surface area (Å²) in [6.45, 7) is -2.15. The highest BCUT2D eigenvalue weighted by atomic mass is 19.1. The Bertz CT molecular complexity index is 531. The molecule has 1 heterocycles. The van der Waals surface area contributed by atoms with Crippen molar-refractivity contribution in [2.45, 2.75) is 6.92 Å². The number of rotatable bonds is 3. The fourth-order valence-corrected chi connectivity index (χ4v) is 1.71. The van der Waals surface area contributed by atoms with Crippen molar-refractivity contribution in [2.75, 3.05) is 13.1 Å². The number of halogens is 1. The van der Waals surface area contributed by atoms with Gasteiger partial charge in [0.05, 0.1) is 13.1 Å². The fraction of sp³-hybridized carbons (Fsp3) is 0.300. The zero-order chi connectivity index (χ0) is 14.2. The Balaban J connectivity index is 2.63. The van der Waals surface area contributed by atoms with Crippen molar-refractivity contribution >= 4 is 12.7 Å². The Morgan fingerprint density at radius 2 is 2.21 bits per heavy atom. The Morgan fingerprint density at radius 3 is 2.79 bits per heavy atom. The van der Waals surface area contributed by atoms with Gasteiger partial charge in [-0.1, -0.05) is 0 Å². The molecule has 1 aromatic rings. The number of fused-ring (bicyclic) bond motifs is 1. The maximum absolute atomic E-state index is 13.7. The lowest BCUT2D eigenvalue weighted by molar-refractivity contribution is 0.0684. The quantitative estimate of drug-likeness (QED) is 0.673. The van der Waals surface area contributed by atoms with E-state index in [0.29, 0.717) is 0 Å². The van der Waals surface area contributed by atoms with Gasteiger partial charge in [0.15, 0.2) is 11.5 Å². The molecule has 0 fully saturated rings. The van der Waals surface area contributed by atoms with E-state index in [1.54, 1.807) is 6.92 Å². The molecular weight excluding hydrogens is 262 g/mol. The van der Waals surface area contributed by atoms with Gasteiger partial charge in [-0.2, -0.15) is 0 Å². The third-order valence-corrected chi connectivity index (χ3v) is 2.42. The van der Waals surface area contributed by atoms with Crippen LogP contribution in [0.2, 0.25) is 0 Å². The third-order valence-electron chi connectivity index (χ3n) is 2.42. The van der Waals surface area contributed by atoms with Crippen LogP contribution >= 0.6 is 0 Å². The molecule has 3 N–H and O–H groups in total. The molecule has 2 rings (SSSR count). The maximum Gasteiger partial charge on any atom is 0.467 e. The molecule has 1 aliphatic heterocycles. The summed E-state index contributed by atoms with van der Waals surface area (Å²) in [6, 6.07) is 0.851. The SMILES string of the molecule is CCOc1cc(F)c(C(=O)O)c2c1OC[B-](O)(O)O2. The summed E-state index contributed by atoms with van der Waals surface area (Å²) >= 11 is 0. The largest absolute Gasteiger partial charge is 0.665 e. The van der Waals surface area contributed by atoms with E-state index in [0.717, 1.165) is 6.07 Å². The van der Waals surface area contributed by atoms with Gasteiger partial charge < -0.3 is 29.3 Å². The minimum atomic E-state index is -3.39. The standard InChI is InChI=1S/C10H11BFO7/c1-2-17-6-3-5(12)7(10(13)14)9-8(6)18-4-11(15,16)19-9/h3,15-16H,2,4H2,1H3,(H,13,14)/q-1. The van der Waals surface area contributed by atoms with E-state index in [4.69, 9.17) is 19.2 Å². The van der Waals surface area contributed by atoms with E-state index in [-0.39, 0.29) is 18.1 Å². The summed E-state index contributed by atoms with van der Waals surface area (Å²) in [6.07, 6.45) is 0. The van der Waals surface area contributed by atoms with E-state index in [2.05, 4.69) is 0 Å². The van der Waals surface area contributed by atoms with E-state index in [1.807, 2.05) is 0 Å². The first-order valence-corrected chi connectivity index (χ1v) is 5.50. The van der Waals surface area contributed by atoms with Crippen molar-refractivity contribution in [3.05, 3.63) is 17.4 Å². The zero-order valence-electron chi connectivity index (χ0n) is 9.92. The van der Waals surface area contributed by atoms with Crippen molar-refractivity contribution in [2.24, 2.45) is 0 Å². The number of hydrogen-bond acceptors (Lipinski definition) is 6. The number of ether oxygens (including phenoxy) is 2. The minimum absolute atomic E-state index is 0.0636. The first-order chi connectivity index (χ1) is 8.85. The van der Waals surface area contributed by atoms with Crippen LogP contribution in [0.15, 0.2) is 6.07 Å². The van der Waals surface area contributed by atoms with Gasteiger partial charge in [-0.15, -0.1) is 0 Å². The van der Waals surface area contributed by atoms with Crippen molar-refractivity contribution in [3.63, 3.8) is 0 Å². The topological polar surface area (TPSA) is 105 Å². The number of carboxylic acids is 1. The Morgan fingerprint density at radius 1 is 1.53 bits per heavy atom. The first-order valence-electron chi connectivity index (χ1n) is 5.50. The Labute approximate surface area is 107 Å². The van der Waals surface area contributed by atoms with E-state index >= 15 is 0 Å². The lowest BCUT2D eigenvalue weighted by Crippen LogP contribution is -2.51. The van der Waals surface area contributed by atoms with Crippen LogP contribution in [-0.2, 0) is 0 Å². The predicted octanol–water partition coefficient (Wildman–Crippen LogP) is 0.156. The molecule has 0 unspecified atom stereocenters. The van der Waals surface area contributed by atoms with Crippen LogP contribution in [0.25, 0.3) is 0 Å². The lowest BCUT2D eigenvalue weighted by atomic mass is 9.80. The van der Waals surface area contributed by atoms with Gasteiger partial charge in [0.1, 0.15) is 17.1 Å². The van der Waals surface area contributed by atoms with Gasteiger partial charge in [0, 0.05) is 6.07 Å². The molecule has 0 spiro atoms. The molecule has 0 aliphatic carbocycles. The molecule has 1 aliphatic rings. The maximum atomic E-state index is 13.7. The molecule has 1 aromatic carbocycles. The van der Waals surface area contributed by atoms with Crippen LogP contribution in [0, 0.1) is 5.82 Å². The second kappa shape index (κ2) is 4.59. The van der Waals surface area contributed by atoms with Gasteiger partial charge in [0.25, 0.3) is 0 Å². The predicted molar refractivity (Wildman–Crippen MR) is 60.8 cm³/mol. The molecular formula is C10H11BFO7-. The molecule has 0 atom stereocenters. The van der Waals surface area contributed by atoms with Crippen LogP contribution < -0.4 is 14.1 Å². The van der Waals surface area contributed by atoms with Gasteiger partial charge in [-0.3, -0.25) is 0 Å². The van der Waals surface area contributed by atoms with Gasteiger partial charge in [-0.05, 0) is 6.92 Å². The van der Waals surface area contributed by atoms with Crippen LogP contribution in [0.3, 0.4) is 0 Å². The lowest BCUT2D eigenvalue weighted by Gasteiger charge is -2.37.